The summed E-state index contributed by atoms with van der Waals surface area (Å²) in [6.07, 6.45) is 2.27. The van der Waals surface area contributed by atoms with Crippen LogP contribution >= 0.6 is 11.3 Å². The van der Waals surface area contributed by atoms with E-state index in [-0.39, 0.29) is 29.3 Å². The molecule has 1 aromatic heterocycles. The van der Waals surface area contributed by atoms with Crippen molar-refractivity contribution < 1.29 is 9.59 Å². The van der Waals surface area contributed by atoms with Crippen LogP contribution in [0.2, 0.25) is 0 Å². The molecule has 0 aromatic carbocycles. The number of hydrogen-bond acceptors (Lipinski definition) is 4. The molecule has 108 valence electrons. The van der Waals surface area contributed by atoms with E-state index >= 15 is 0 Å². The highest BCUT2D eigenvalue weighted by Gasteiger charge is 2.46. The Morgan fingerprint density at radius 2 is 2.15 bits per heavy atom. The topological polar surface area (TPSA) is 49.4 Å². The van der Waals surface area contributed by atoms with Crippen LogP contribution in [-0.2, 0) is 15.0 Å². The first-order valence-electron chi connectivity index (χ1n) is 7.12. The van der Waals surface area contributed by atoms with Crippen molar-refractivity contribution in [1.82, 2.24) is 10.2 Å². The van der Waals surface area contributed by atoms with Crippen LogP contribution in [0, 0.1) is 0 Å². The summed E-state index contributed by atoms with van der Waals surface area (Å²) in [5.41, 5.74) is -0.0233. The molecule has 1 atom stereocenters. The number of amides is 2. The van der Waals surface area contributed by atoms with Crippen LogP contribution < -0.4 is 5.32 Å². The van der Waals surface area contributed by atoms with Crippen molar-refractivity contribution in [3.63, 3.8) is 0 Å². The van der Waals surface area contributed by atoms with Crippen molar-refractivity contribution in [3.8, 4) is 0 Å². The van der Waals surface area contributed by atoms with E-state index in [1.807, 2.05) is 6.07 Å². The summed E-state index contributed by atoms with van der Waals surface area (Å²) in [6, 6.07) is 4.01. The third-order valence-electron chi connectivity index (χ3n) is 4.07. The van der Waals surface area contributed by atoms with Gasteiger partial charge in [0.05, 0.1) is 12.5 Å². The van der Waals surface area contributed by atoms with E-state index in [9.17, 15) is 9.59 Å². The van der Waals surface area contributed by atoms with Gasteiger partial charge in [-0.15, -0.1) is 11.3 Å². The molecule has 3 rings (SSSR count). The molecule has 20 heavy (non-hydrogen) atoms. The Kier molecular flexibility index (Phi) is 3.42. The average Bonchev–Trinajstić information content (AvgIpc) is 2.97. The molecule has 4 nitrogen and oxygen atoms in total. The highest BCUT2D eigenvalue weighted by Crippen LogP contribution is 2.32. The summed E-state index contributed by atoms with van der Waals surface area (Å²) >= 11 is 1.73. The monoisotopic (exact) mass is 292 g/mol. The second kappa shape index (κ2) is 4.97. The lowest BCUT2D eigenvalue weighted by Crippen LogP contribution is -2.44. The van der Waals surface area contributed by atoms with Crippen LogP contribution in [0.25, 0.3) is 0 Å². The van der Waals surface area contributed by atoms with Crippen LogP contribution in [0.1, 0.15) is 38.0 Å². The normalized spacial score (nSPS) is 23.7. The van der Waals surface area contributed by atoms with Gasteiger partial charge >= 0.3 is 0 Å². The molecule has 5 heteroatoms. The van der Waals surface area contributed by atoms with Crippen LogP contribution in [0.15, 0.2) is 17.5 Å². The number of nitrogens with zero attached hydrogens (tertiary/aromatic N) is 1. The largest absolute Gasteiger partial charge is 0.305 e. The van der Waals surface area contributed by atoms with Crippen molar-refractivity contribution in [1.29, 1.82) is 0 Å². The average molecular weight is 292 g/mol. The molecule has 0 radical (unpaired) electrons. The van der Waals surface area contributed by atoms with Gasteiger partial charge in [0.25, 0.3) is 0 Å². The molecule has 1 aromatic rings. The van der Waals surface area contributed by atoms with Gasteiger partial charge < -0.3 is 5.32 Å². The van der Waals surface area contributed by atoms with Crippen molar-refractivity contribution in [3.05, 3.63) is 22.4 Å². The van der Waals surface area contributed by atoms with Gasteiger partial charge in [-0.25, -0.2) is 0 Å². The molecule has 1 unspecified atom stereocenters. The minimum Gasteiger partial charge on any atom is -0.305 e. The van der Waals surface area contributed by atoms with Crippen LogP contribution in [-0.4, -0.2) is 35.3 Å². The van der Waals surface area contributed by atoms with E-state index in [2.05, 4.69) is 30.6 Å². The molecule has 1 aliphatic carbocycles. The first-order valence-corrected chi connectivity index (χ1v) is 8.00. The Hall–Kier alpha value is -1.20. The SMILES string of the molecule is CC(C)(CNC1CC(=O)N(C2CC2)C1=O)c1cccs1. The van der Waals surface area contributed by atoms with E-state index < -0.39 is 0 Å². The third-order valence-corrected chi connectivity index (χ3v) is 5.31. The smallest absolute Gasteiger partial charge is 0.247 e. The Bertz CT molecular complexity index is 520. The second-order valence-electron chi connectivity index (χ2n) is 6.33. The van der Waals surface area contributed by atoms with Crippen LogP contribution in [0.4, 0.5) is 0 Å². The molecular weight excluding hydrogens is 272 g/mol. The van der Waals surface area contributed by atoms with E-state index in [1.54, 1.807) is 11.3 Å². The van der Waals surface area contributed by atoms with E-state index in [0.29, 0.717) is 13.0 Å². The Balaban J connectivity index is 1.61. The van der Waals surface area contributed by atoms with Gasteiger partial charge in [0.2, 0.25) is 11.8 Å². The number of nitrogens with one attached hydrogen (secondary N) is 1. The van der Waals surface area contributed by atoms with Gasteiger partial charge in [-0.3, -0.25) is 14.5 Å². The quantitative estimate of drug-likeness (QED) is 0.843. The minimum absolute atomic E-state index is 0.0103. The standard InChI is InChI=1S/C15H20N2O2S/c1-15(2,12-4-3-7-20-12)9-16-11-8-13(18)17(14(11)19)10-5-6-10/h3-4,7,10-11,16H,5-6,8-9H2,1-2H3. The van der Waals surface area contributed by atoms with Crippen LogP contribution in [0.5, 0.6) is 0 Å². The summed E-state index contributed by atoms with van der Waals surface area (Å²) < 4.78 is 0. The number of thiophene rings is 1. The summed E-state index contributed by atoms with van der Waals surface area (Å²) in [4.78, 5) is 26.9. The van der Waals surface area contributed by atoms with Crippen molar-refractivity contribution in [2.75, 3.05) is 6.54 Å². The van der Waals surface area contributed by atoms with Gasteiger partial charge in [-0.05, 0) is 24.3 Å². The zero-order valence-corrected chi connectivity index (χ0v) is 12.7. The molecule has 2 amide bonds. The number of rotatable bonds is 5. The van der Waals surface area contributed by atoms with Crippen LogP contribution in [0.3, 0.4) is 0 Å². The van der Waals surface area contributed by atoms with Crippen molar-refractivity contribution >= 4 is 23.2 Å². The molecule has 1 saturated heterocycles. The number of imide groups is 1. The summed E-state index contributed by atoms with van der Waals surface area (Å²) in [6.45, 7) is 5.02. The maximum atomic E-state index is 12.2. The zero-order chi connectivity index (χ0) is 14.3. The predicted octanol–water partition coefficient (Wildman–Crippen LogP) is 1.91. The Morgan fingerprint density at radius 3 is 2.75 bits per heavy atom. The first kappa shape index (κ1) is 13.8. The van der Waals surface area contributed by atoms with E-state index in [4.69, 9.17) is 0 Å². The lowest BCUT2D eigenvalue weighted by molar-refractivity contribution is -0.139. The number of carbonyl (C=O) groups excluding carboxylic acids is 2. The third kappa shape index (κ3) is 2.52. The second-order valence-corrected chi connectivity index (χ2v) is 7.28. The number of hydrogen-bond donors (Lipinski definition) is 1. The summed E-state index contributed by atoms with van der Waals surface area (Å²) in [5.74, 6) is -0.0385. The molecule has 2 aliphatic rings. The fourth-order valence-corrected chi connectivity index (χ4v) is 3.51. The summed E-state index contributed by atoms with van der Waals surface area (Å²) in [7, 11) is 0. The molecule has 1 aliphatic heterocycles. The van der Waals surface area contributed by atoms with Crippen molar-refractivity contribution in [2.45, 2.75) is 50.6 Å². The van der Waals surface area contributed by atoms with Gasteiger partial charge in [0.15, 0.2) is 0 Å². The Morgan fingerprint density at radius 1 is 1.40 bits per heavy atom. The summed E-state index contributed by atoms with van der Waals surface area (Å²) in [5, 5.41) is 5.36. The fraction of sp³-hybridized carbons (Fsp3) is 0.600. The maximum Gasteiger partial charge on any atom is 0.247 e. The molecule has 0 bridgehead atoms. The predicted molar refractivity (Wildman–Crippen MR) is 78.6 cm³/mol. The zero-order valence-electron chi connectivity index (χ0n) is 11.9. The minimum atomic E-state index is -0.331. The molecule has 2 fully saturated rings. The highest BCUT2D eigenvalue weighted by molar-refractivity contribution is 7.10. The highest BCUT2D eigenvalue weighted by atomic mass is 32.1. The molecule has 0 spiro atoms. The number of carbonyl (C=O) groups is 2. The van der Waals surface area contributed by atoms with E-state index in [1.165, 1.54) is 9.78 Å². The van der Waals surface area contributed by atoms with Gasteiger partial charge in [-0.2, -0.15) is 0 Å². The molecular formula is C15H20N2O2S. The maximum absolute atomic E-state index is 12.2. The molecule has 1 N–H and O–H groups in total. The van der Waals surface area contributed by atoms with E-state index in [0.717, 1.165) is 12.8 Å². The Labute approximate surface area is 123 Å². The van der Waals surface area contributed by atoms with Gasteiger partial charge in [0.1, 0.15) is 0 Å². The lowest BCUT2D eigenvalue weighted by atomic mass is 9.91. The number of likely N-dealkylation sites (tertiary alicyclic amines) is 1. The fourth-order valence-electron chi connectivity index (χ4n) is 2.66. The molecule has 1 saturated carbocycles. The van der Waals surface area contributed by atoms with Crippen molar-refractivity contribution in [2.24, 2.45) is 0 Å². The van der Waals surface area contributed by atoms with Gasteiger partial charge in [0, 0.05) is 22.9 Å². The lowest BCUT2D eigenvalue weighted by Gasteiger charge is -2.25. The first-order chi connectivity index (χ1) is 9.49. The van der Waals surface area contributed by atoms with Gasteiger partial charge in [-0.1, -0.05) is 19.9 Å². The molecule has 2 heterocycles.